The molecule has 0 aromatic heterocycles. The van der Waals surface area contributed by atoms with E-state index in [9.17, 15) is 22.8 Å². The molecule has 6 rings (SSSR count). The summed E-state index contributed by atoms with van der Waals surface area (Å²) in [7, 11) is 0. The molecule has 3 fully saturated rings. The molecule has 1 aliphatic heterocycles. The molecular weight excluding hydrogens is 530 g/mol. The highest BCUT2D eigenvalue weighted by atomic mass is 19.4. The number of ketones is 2. The van der Waals surface area contributed by atoms with Crippen LogP contribution < -0.4 is 4.90 Å². The van der Waals surface area contributed by atoms with Crippen molar-refractivity contribution in [3.63, 3.8) is 0 Å². The van der Waals surface area contributed by atoms with Crippen LogP contribution in [0.25, 0.3) is 0 Å². The predicted octanol–water partition coefficient (Wildman–Crippen LogP) is 7.67. The predicted molar refractivity (Wildman–Crippen MR) is 150 cm³/mol. The number of carbonyl (C=O) groups is 2. The second kappa shape index (κ2) is 10.1. The van der Waals surface area contributed by atoms with E-state index in [0.29, 0.717) is 31.3 Å². The van der Waals surface area contributed by atoms with Crippen molar-refractivity contribution in [2.24, 2.45) is 22.7 Å². The molecule has 41 heavy (non-hydrogen) atoms. The van der Waals surface area contributed by atoms with Crippen LogP contribution in [0.5, 0.6) is 0 Å². The zero-order chi connectivity index (χ0) is 29.2. The van der Waals surface area contributed by atoms with Crippen molar-refractivity contribution in [3.05, 3.63) is 52.6 Å². The summed E-state index contributed by atoms with van der Waals surface area (Å²) in [5.41, 5.74) is 2.43. The van der Waals surface area contributed by atoms with Gasteiger partial charge in [-0.2, -0.15) is 13.2 Å². The summed E-state index contributed by atoms with van der Waals surface area (Å²) in [6, 6.07) is 8.43. The summed E-state index contributed by atoms with van der Waals surface area (Å²) in [6.45, 7) is 5.66. The number of nitrogens with zero attached hydrogens (tertiary/aromatic N) is 1. The average molecular weight is 568 g/mol. The molecule has 4 aliphatic carbocycles. The Labute approximate surface area is 239 Å². The number of carbonyl (C=O) groups excluding carboxylic acids is 2. The van der Waals surface area contributed by atoms with E-state index in [1.54, 1.807) is 6.92 Å². The van der Waals surface area contributed by atoms with Crippen LogP contribution in [-0.2, 0) is 9.59 Å². The molecule has 1 saturated heterocycles. The van der Waals surface area contributed by atoms with Gasteiger partial charge in [-0.25, -0.2) is 4.39 Å². The lowest BCUT2D eigenvalue weighted by molar-refractivity contribution is -0.132. The fourth-order valence-electron chi connectivity index (χ4n) is 9.07. The number of hydrogen-bond acceptors (Lipinski definition) is 3. The SMILES string of the molecule is CCC(=O)[C@@]1(C#CC(F)(F)F)CC[C@H]2[C@@H]3CC(F)C4=CC(=O)CCC4=C3C(c3ccc(N4CCCC4)cc3)C[C@@]21C. The van der Waals surface area contributed by atoms with E-state index in [4.69, 9.17) is 0 Å². The Hall–Kier alpha value is -2.88. The highest BCUT2D eigenvalue weighted by Crippen LogP contribution is 2.70. The van der Waals surface area contributed by atoms with Crippen LogP contribution in [0.15, 0.2) is 47.1 Å². The Kier molecular flexibility index (Phi) is 6.98. The summed E-state index contributed by atoms with van der Waals surface area (Å²) >= 11 is 0. The number of anilines is 1. The third kappa shape index (κ3) is 4.57. The first-order valence-electron chi connectivity index (χ1n) is 15.1. The molecular formula is C34H37F4NO2. The number of rotatable bonds is 4. The van der Waals surface area contributed by atoms with Crippen molar-refractivity contribution in [2.75, 3.05) is 18.0 Å². The van der Waals surface area contributed by atoms with E-state index >= 15 is 4.39 Å². The Balaban J connectivity index is 1.51. The third-order valence-corrected chi connectivity index (χ3v) is 10.9. The van der Waals surface area contributed by atoms with Gasteiger partial charge in [0.1, 0.15) is 6.17 Å². The standard InChI is InChI=1S/C34H37F4NO2/c1-3-30(41)33(14-15-34(36,37)38)13-12-28-26-19-29(35)25-18-23(40)10-11-24(25)31(26)27(20-32(28,33)2)21-6-8-22(9-7-21)39-16-4-5-17-39/h6-9,18,26-29H,3-5,10-13,16-17,19-20H2,1-2H3/t26-,27?,28-,29?,32-,33-/m0/s1. The topological polar surface area (TPSA) is 37.4 Å². The summed E-state index contributed by atoms with van der Waals surface area (Å²) in [5, 5.41) is 0. The lowest BCUT2D eigenvalue weighted by atomic mass is 9.48. The Morgan fingerprint density at radius 3 is 2.49 bits per heavy atom. The Morgan fingerprint density at radius 1 is 1.12 bits per heavy atom. The third-order valence-electron chi connectivity index (χ3n) is 10.9. The number of Topliss-reactive ketones (excluding diaryl/α,β-unsaturated/α-hetero) is 1. The molecule has 6 atom stereocenters. The van der Waals surface area contributed by atoms with Crippen molar-refractivity contribution < 1.29 is 27.2 Å². The highest BCUT2D eigenvalue weighted by molar-refractivity contribution is 5.93. The second-order valence-electron chi connectivity index (χ2n) is 12.8. The van der Waals surface area contributed by atoms with Crippen LogP contribution in [-0.4, -0.2) is 37.0 Å². The number of alkyl halides is 4. The Morgan fingerprint density at radius 2 is 1.83 bits per heavy atom. The quantitative estimate of drug-likeness (QED) is 0.277. The molecule has 1 aromatic carbocycles. The maximum Gasteiger partial charge on any atom is 0.457 e. The molecule has 7 heteroatoms. The van der Waals surface area contributed by atoms with Gasteiger partial charge in [0.25, 0.3) is 0 Å². The van der Waals surface area contributed by atoms with Gasteiger partial charge in [0, 0.05) is 43.5 Å². The van der Waals surface area contributed by atoms with Gasteiger partial charge in [0.05, 0.1) is 5.41 Å². The molecule has 0 bridgehead atoms. The monoisotopic (exact) mass is 567 g/mol. The van der Waals surface area contributed by atoms with Gasteiger partial charge in [-0.3, -0.25) is 9.59 Å². The molecule has 2 saturated carbocycles. The maximum absolute atomic E-state index is 15.8. The van der Waals surface area contributed by atoms with Gasteiger partial charge in [-0.15, -0.1) is 0 Å². The molecule has 218 valence electrons. The smallest absolute Gasteiger partial charge is 0.372 e. The van der Waals surface area contributed by atoms with Crippen molar-refractivity contribution in [2.45, 2.75) is 89.9 Å². The van der Waals surface area contributed by atoms with E-state index in [1.807, 2.05) is 6.92 Å². The van der Waals surface area contributed by atoms with Crippen LogP contribution in [0, 0.1) is 34.5 Å². The fraction of sp³-hybridized carbons (Fsp3) is 0.588. The van der Waals surface area contributed by atoms with E-state index < -0.39 is 23.2 Å². The van der Waals surface area contributed by atoms with E-state index in [2.05, 4.69) is 35.1 Å². The molecule has 0 amide bonds. The number of halogens is 4. The van der Waals surface area contributed by atoms with E-state index in [-0.39, 0.29) is 48.6 Å². The van der Waals surface area contributed by atoms with Crippen molar-refractivity contribution in [3.8, 4) is 11.8 Å². The second-order valence-corrected chi connectivity index (χ2v) is 12.8. The fourth-order valence-corrected chi connectivity index (χ4v) is 9.07. The highest BCUT2D eigenvalue weighted by Gasteiger charge is 2.65. The molecule has 0 spiro atoms. The first-order valence-corrected chi connectivity index (χ1v) is 15.1. The molecule has 0 radical (unpaired) electrons. The first kappa shape index (κ1) is 28.2. The normalized spacial score (nSPS) is 34.8. The van der Waals surface area contributed by atoms with E-state index in [1.165, 1.54) is 12.0 Å². The van der Waals surface area contributed by atoms with Gasteiger partial charge >= 0.3 is 6.18 Å². The zero-order valence-corrected chi connectivity index (χ0v) is 23.7. The van der Waals surface area contributed by atoms with Crippen molar-refractivity contribution in [1.82, 2.24) is 0 Å². The van der Waals surface area contributed by atoms with Gasteiger partial charge in [-0.05, 0) is 97.1 Å². The molecule has 1 heterocycles. The van der Waals surface area contributed by atoms with Crippen LogP contribution in [0.4, 0.5) is 23.2 Å². The minimum absolute atomic E-state index is 0.0616. The molecule has 3 nitrogen and oxygen atoms in total. The molecule has 1 aromatic rings. The molecule has 0 N–H and O–H groups in total. The van der Waals surface area contributed by atoms with Crippen molar-refractivity contribution >= 4 is 17.3 Å². The number of fused-ring (bicyclic) bond motifs is 4. The maximum atomic E-state index is 15.8. The number of hydrogen-bond donors (Lipinski definition) is 0. The molecule has 5 aliphatic rings. The molecule has 2 unspecified atom stereocenters. The number of allylic oxidation sites excluding steroid dienone is 4. The lowest BCUT2D eigenvalue weighted by Crippen LogP contribution is -2.51. The minimum atomic E-state index is -4.70. The first-order chi connectivity index (χ1) is 19.5. The van der Waals surface area contributed by atoms with Gasteiger partial charge in [0.2, 0.25) is 0 Å². The van der Waals surface area contributed by atoms with Gasteiger partial charge in [0.15, 0.2) is 11.6 Å². The van der Waals surface area contributed by atoms with E-state index in [0.717, 1.165) is 48.3 Å². The summed E-state index contributed by atoms with van der Waals surface area (Å²) < 4.78 is 56.2. The zero-order valence-electron chi connectivity index (χ0n) is 23.7. The van der Waals surface area contributed by atoms with Crippen LogP contribution >= 0.6 is 0 Å². The summed E-state index contributed by atoms with van der Waals surface area (Å²) in [6.07, 6.45) is 0.132. The van der Waals surface area contributed by atoms with Crippen LogP contribution in [0.1, 0.15) is 83.1 Å². The van der Waals surface area contributed by atoms with Crippen LogP contribution in [0.2, 0.25) is 0 Å². The number of benzene rings is 1. The van der Waals surface area contributed by atoms with Crippen molar-refractivity contribution in [1.29, 1.82) is 0 Å². The summed E-state index contributed by atoms with van der Waals surface area (Å²) in [4.78, 5) is 28.3. The Bertz CT molecular complexity index is 1370. The largest absolute Gasteiger partial charge is 0.457 e. The minimum Gasteiger partial charge on any atom is -0.372 e. The van der Waals surface area contributed by atoms with Gasteiger partial charge in [-0.1, -0.05) is 37.5 Å². The summed E-state index contributed by atoms with van der Waals surface area (Å²) in [5.74, 6) is 3.12. The average Bonchev–Trinajstić information content (AvgIpc) is 3.58. The van der Waals surface area contributed by atoms with Crippen LogP contribution in [0.3, 0.4) is 0 Å². The lowest BCUT2D eigenvalue weighted by Gasteiger charge is -2.55. The van der Waals surface area contributed by atoms with Gasteiger partial charge < -0.3 is 4.90 Å².